The molecule has 0 saturated carbocycles. The predicted octanol–water partition coefficient (Wildman–Crippen LogP) is -0.804. The first kappa shape index (κ1) is 10.7. The lowest BCUT2D eigenvalue weighted by atomic mass is 9.43. The van der Waals surface area contributed by atoms with Gasteiger partial charge in [0.1, 0.15) is 0 Å². The third-order valence-corrected chi connectivity index (χ3v) is 1.82. The van der Waals surface area contributed by atoms with Crippen LogP contribution in [0.4, 0.5) is 0 Å². The molecule has 0 unspecified atom stereocenters. The summed E-state index contributed by atoms with van der Waals surface area (Å²) in [6.45, 7) is 0.682. The summed E-state index contributed by atoms with van der Waals surface area (Å²) < 4.78 is 6.46. The Labute approximate surface area is 89.8 Å². The van der Waals surface area contributed by atoms with Gasteiger partial charge in [0, 0.05) is 16.7 Å². The van der Waals surface area contributed by atoms with Crippen LogP contribution in [-0.4, -0.2) is 35.1 Å². The average Bonchev–Trinajstić information content (AvgIpc) is 2.02. The van der Waals surface area contributed by atoms with Crippen LogP contribution in [0.25, 0.3) is 0 Å². The van der Waals surface area contributed by atoms with Crippen LogP contribution in [0.15, 0.2) is 22.8 Å². The van der Waals surface area contributed by atoms with Crippen molar-refractivity contribution in [1.29, 1.82) is 0 Å². The molecule has 1 aromatic rings. The highest BCUT2D eigenvalue weighted by Gasteiger charge is 2.11. The first-order valence-corrected chi connectivity index (χ1v) is 5.01. The van der Waals surface area contributed by atoms with Gasteiger partial charge in [-0.05, 0) is 22.0 Å². The van der Waals surface area contributed by atoms with E-state index in [0.29, 0.717) is 12.5 Å². The molecular weight excluding hydrogens is 226 g/mol. The van der Waals surface area contributed by atoms with Crippen molar-refractivity contribution in [2.24, 2.45) is 0 Å². The molecule has 0 amide bonds. The largest absolute Gasteiger partial charge is 0.479 e. The van der Waals surface area contributed by atoms with Gasteiger partial charge in [-0.25, -0.2) is 4.98 Å². The van der Waals surface area contributed by atoms with Crippen LogP contribution in [0.5, 0.6) is 5.88 Å². The number of rotatable bonds is 3. The van der Waals surface area contributed by atoms with Gasteiger partial charge in [0.2, 0.25) is 5.88 Å². The minimum Gasteiger partial charge on any atom is -0.479 e. The van der Waals surface area contributed by atoms with Crippen LogP contribution in [0.3, 0.4) is 0 Å². The highest BCUT2D eigenvalue weighted by molar-refractivity contribution is 9.10. The Morgan fingerprint density at radius 3 is 2.54 bits per heavy atom. The molecule has 0 spiro atoms. The molecule has 1 rings (SSSR count). The molecule has 0 radical (unpaired) electrons. The standard InChI is InChI=1S/C7H11B3BrNO/c8-7(9,10)4-13-6-2-1-5(11)3-12-6/h1-3H,4,8-10H2. The molecule has 0 fully saturated rings. The van der Waals surface area contributed by atoms with Crippen LogP contribution in [0.2, 0.25) is 5.11 Å². The summed E-state index contributed by atoms with van der Waals surface area (Å²) in [5.41, 5.74) is 0. The summed E-state index contributed by atoms with van der Waals surface area (Å²) in [6, 6.07) is 3.78. The molecule has 66 valence electrons. The van der Waals surface area contributed by atoms with E-state index < -0.39 is 0 Å². The van der Waals surface area contributed by atoms with E-state index in [9.17, 15) is 0 Å². The predicted molar refractivity (Wildman–Crippen MR) is 65.8 cm³/mol. The molecule has 0 N–H and O–H groups in total. The highest BCUT2D eigenvalue weighted by atomic mass is 79.9. The second kappa shape index (κ2) is 4.22. The molecule has 0 aliphatic heterocycles. The fourth-order valence-corrected chi connectivity index (χ4v) is 0.973. The summed E-state index contributed by atoms with van der Waals surface area (Å²) in [5, 5.41) is 0.175. The van der Waals surface area contributed by atoms with E-state index in [4.69, 9.17) is 4.74 Å². The van der Waals surface area contributed by atoms with E-state index in [1.165, 1.54) is 0 Å². The van der Waals surface area contributed by atoms with Gasteiger partial charge in [-0.2, -0.15) is 0 Å². The summed E-state index contributed by atoms with van der Waals surface area (Å²) in [7, 11) is 6.39. The van der Waals surface area contributed by atoms with Gasteiger partial charge in [0.25, 0.3) is 0 Å². The quantitative estimate of drug-likeness (QED) is 0.642. The molecule has 0 aromatic carbocycles. The Kier molecular flexibility index (Phi) is 3.48. The highest BCUT2D eigenvalue weighted by Crippen LogP contribution is 2.15. The third-order valence-electron chi connectivity index (χ3n) is 1.35. The van der Waals surface area contributed by atoms with Gasteiger partial charge in [-0.3, -0.25) is 0 Å². The van der Waals surface area contributed by atoms with Crippen molar-refractivity contribution >= 4 is 39.5 Å². The normalized spacial score (nSPS) is 11.2. The Hall–Kier alpha value is -0.375. The van der Waals surface area contributed by atoms with E-state index in [1.807, 2.05) is 12.1 Å². The Morgan fingerprint density at radius 1 is 1.38 bits per heavy atom. The van der Waals surface area contributed by atoms with Crippen LogP contribution in [-0.2, 0) is 0 Å². The minimum atomic E-state index is 0.175. The Morgan fingerprint density at radius 2 is 2.08 bits per heavy atom. The van der Waals surface area contributed by atoms with Crippen LogP contribution < -0.4 is 4.74 Å². The zero-order valence-corrected chi connectivity index (χ0v) is 9.76. The molecule has 6 heteroatoms. The lowest BCUT2D eigenvalue weighted by molar-refractivity contribution is 0.310. The third kappa shape index (κ3) is 4.41. The Bertz CT molecular complexity index is 272. The summed E-state index contributed by atoms with van der Waals surface area (Å²) in [4.78, 5) is 4.11. The first-order chi connectivity index (χ1) is 5.97. The molecule has 1 aromatic heterocycles. The van der Waals surface area contributed by atoms with E-state index in [2.05, 4.69) is 44.5 Å². The first-order valence-electron chi connectivity index (χ1n) is 4.22. The number of hydrogen-bond donors (Lipinski definition) is 0. The van der Waals surface area contributed by atoms with Crippen molar-refractivity contribution in [1.82, 2.24) is 4.98 Å². The second-order valence-electron chi connectivity index (χ2n) is 4.16. The molecule has 1 heterocycles. The topological polar surface area (TPSA) is 22.1 Å². The Balaban J connectivity index is 2.51. The fraction of sp³-hybridized carbons (Fsp3) is 0.286. The minimum absolute atomic E-state index is 0.175. The number of halogens is 1. The SMILES string of the molecule is BC(B)(B)COc1ccc(Br)cn1. The van der Waals surface area contributed by atoms with Crippen molar-refractivity contribution in [3.63, 3.8) is 0 Å². The zero-order valence-electron chi connectivity index (χ0n) is 8.17. The van der Waals surface area contributed by atoms with E-state index in [0.717, 1.165) is 4.47 Å². The monoisotopic (exact) mass is 237 g/mol. The molecule has 0 saturated heterocycles. The van der Waals surface area contributed by atoms with Gasteiger partial charge >= 0.3 is 0 Å². The molecule has 0 bridgehead atoms. The summed E-state index contributed by atoms with van der Waals surface area (Å²) in [5.74, 6) is 0.679. The maximum Gasteiger partial charge on any atom is 0.213 e. The second-order valence-corrected chi connectivity index (χ2v) is 5.08. The van der Waals surface area contributed by atoms with Gasteiger partial charge < -0.3 is 4.74 Å². The molecule has 0 atom stereocenters. The van der Waals surface area contributed by atoms with Crippen molar-refractivity contribution in [2.75, 3.05) is 6.61 Å². The maximum atomic E-state index is 5.49. The van der Waals surface area contributed by atoms with Crippen LogP contribution >= 0.6 is 15.9 Å². The van der Waals surface area contributed by atoms with Crippen molar-refractivity contribution < 1.29 is 4.74 Å². The van der Waals surface area contributed by atoms with Crippen molar-refractivity contribution in [3.05, 3.63) is 22.8 Å². The van der Waals surface area contributed by atoms with E-state index in [-0.39, 0.29) is 5.11 Å². The number of aromatic nitrogens is 1. The lowest BCUT2D eigenvalue weighted by Gasteiger charge is -2.17. The summed E-state index contributed by atoms with van der Waals surface area (Å²) in [6.07, 6.45) is 1.73. The van der Waals surface area contributed by atoms with Gasteiger partial charge in [-0.15, -0.1) is 0 Å². The van der Waals surface area contributed by atoms with Gasteiger partial charge in [-0.1, -0.05) is 5.11 Å². The van der Waals surface area contributed by atoms with Crippen LogP contribution in [0.1, 0.15) is 0 Å². The van der Waals surface area contributed by atoms with E-state index in [1.54, 1.807) is 6.20 Å². The maximum absolute atomic E-state index is 5.49. The number of hydrogen-bond acceptors (Lipinski definition) is 2. The van der Waals surface area contributed by atoms with Crippen LogP contribution in [0, 0.1) is 0 Å². The zero-order chi connectivity index (χ0) is 9.90. The average molecular weight is 238 g/mol. The van der Waals surface area contributed by atoms with Gasteiger partial charge in [0.15, 0.2) is 0 Å². The molecular formula is C7H11B3BrNO. The summed E-state index contributed by atoms with van der Waals surface area (Å²) >= 11 is 3.32. The fourth-order valence-electron chi connectivity index (χ4n) is 0.738. The van der Waals surface area contributed by atoms with Gasteiger partial charge in [0.05, 0.1) is 30.1 Å². The molecule has 0 aliphatic carbocycles. The smallest absolute Gasteiger partial charge is 0.213 e. The number of nitrogens with zero attached hydrogens (tertiary/aromatic N) is 1. The molecule has 13 heavy (non-hydrogen) atoms. The molecule has 0 aliphatic rings. The number of pyridine rings is 1. The van der Waals surface area contributed by atoms with E-state index >= 15 is 0 Å². The number of ether oxygens (including phenoxy) is 1. The molecule has 2 nitrogen and oxygen atoms in total. The lowest BCUT2D eigenvalue weighted by Crippen LogP contribution is -2.22. The van der Waals surface area contributed by atoms with Crippen molar-refractivity contribution in [2.45, 2.75) is 5.11 Å². The van der Waals surface area contributed by atoms with Crippen molar-refractivity contribution in [3.8, 4) is 5.88 Å².